The van der Waals surface area contributed by atoms with Crippen LogP contribution in [0.25, 0.3) is 5.69 Å². The van der Waals surface area contributed by atoms with Crippen LogP contribution in [-0.2, 0) is 0 Å². The van der Waals surface area contributed by atoms with Crippen molar-refractivity contribution < 1.29 is 4.79 Å². The van der Waals surface area contributed by atoms with E-state index in [9.17, 15) is 9.59 Å². The molecule has 0 bridgehead atoms. The number of nitrogens with zero attached hydrogens (tertiary/aromatic N) is 1. The van der Waals surface area contributed by atoms with Crippen LogP contribution in [0.4, 0.5) is 5.69 Å². The molecule has 114 valence electrons. The number of rotatable bonds is 3. The summed E-state index contributed by atoms with van der Waals surface area (Å²) in [5, 5.41) is 2.74. The van der Waals surface area contributed by atoms with Crippen LogP contribution < -0.4 is 10.7 Å². The van der Waals surface area contributed by atoms with Gasteiger partial charge in [-0.15, -0.1) is 0 Å². The average Bonchev–Trinajstić information content (AvgIpc) is 2.56. The van der Waals surface area contributed by atoms with Crippen molar-refractivity contribution in [1.29, 1.82) is 0 Å². The fourth-order valence-corrected chi connectivity index (χ4v) is 2.39. The monoisotopic (exact) mass is 304 g/mol. The van der Waals surface area contributed by atoms with Crippen LogP contribution >= 0.6 is 0 Å². The molecule has 1 heterocycles. The Hall–Kier alpha value is -3.14. The van der Waals surface area contributed by atoms with Crippen molar-refractivity contribution in [2.75, 3.05) is 5.32 Å². The molecule has 3 aromatic rings. The highest BCUT2D eigenvalue weighted by molar-refractivity contribution is 6.04. The van der Waals surface area contributed by atoms with Crippen LogP contribution in [0.5, 0.6) is 0 Å². The van der Waals surface area contributed by atoms with Crippen LogP contribution in [0.1, 0.15) is 16.1 Å². The third kappa shape index (κ3) is 3.21. The lowest BCUT2D eigenvalue weighted by atomic mass is 10.2. The van der Waals surface area contributed by atoms with Gasteiger partial charge in [-0.05, 0) is 31.2 Å². The second kappa shape index (κ2) is 6.32. The fraction of sp³-hybridized carbons (Fsp3) is 0.0526. The number of hydrogen-bond acceptors (Lipinski definition) is 2. The topological polar surface area (TPSA) is 51.1 Å². The molecule has 0 aliphatic heterocycles. The third-order valence-electron chi connectivity index (χ3n) is 3.55. The van der Waals surface area contributed by atoms with Crippen molar-refractivity contribution >= 4 is 11.6 Å². The number of para-hydroxylation sites is 2. The Kier molecular flexibility index (Phi) is 4.06. The molecule has 4 nitrogen and oxygen atoms in total. The number of aromatic nitrogens is 1. The summed E-state index contributed by atoms with van der Waals surface area (Å²) in [6.45, 7) is 1.84. The van der Waals surface area contributed by atoms with Crippen LogP contribution in [-0.4, -0.2) is 10.5 Å². The molecule has 2 aromatic carbocycles. The zero-order chi connectivity index (χ0) is 16.2. The van der Waals surface area contributed by atoms with Crippen LogP contribution in [0.3, 0.4) is 0 Å². The lowest BCUT2D eigenvalue weighted by Crippen LogP contribution is -2.23. The van der Waals surface area contributed by atoms with Crippen molar-refractivity contribution in [3.05, 3.63) is 94.4 Å². The van der Waals surface area contributed by atoms with Crippen molar-refractivity contribution in [3.8, 4) is 5.69 Å². The molecule has 0 atom stereocenters. The molecular formula is C19H16N2O2. The van der Waals surface area contributed by atoms with E-state index in [0.717, 1.165) is 11.4 Å². The van der Waals surface area contributed by atoms with Gasteiger partial charge in [0.05, 0.1) is 0 Å². The third-order valence-corrected chi connectivity index (χ3v) is 3.55. The Bertz CT molecular complexity index is 884. The first-order chi connectivity index (χ1) is 11.1. The first kappa shape index (κ1) is 14.8. The summed E-state index contributed by atoms with van der Waals surface area (Å²) < 4.78 is 1.83. The lowest BCUT2D eigenvalue weighted by molar-refractivity contribution is 0.102. The van der Waals surface area contributed by atoms with Gasteiger partial charge in [0.2, 0.25) is 0 Å². The summed E-state index contributed by atoms with van der Waals surface area (Å²) in [6, 6.07) is 20.2. The first-order valence-electron chi connectivity index (χ1n) is 7.30. The molecule has 0 saturated heterocycles. The SMILES string of the molecule is Cc1cc(=O)c(C(=O)Nc2ccccc2)cn1-c1ccccc1. The zero-order valence-corrected chi connectivity index (χ0v) is 12.7. The van der Waals surface area contributed by atoms with Gasteiger partial charge in [0.15, 0.2) is 5.43 Å². The van der Waals surface area contributed by atoms with E-state index in [1.54, 1.807) is 18.3 Å². The largest absolute Gasteiger partial charge is 0.322 e. The smallest absolute Gasteiger partial charge is 0.261 e. The standard InChI is InChI=1S/C19H16N2O2/c1-14-12-18(22)17(13-21(14)16-10-6-3-7-11-16)19(23)20-15-8-4-2-5-9-15/h2-13H,1H3,(H,20,23). The average molecular weight is 304 g/mol. The fourth-order valence-electron chi connectivity index (χ4n) is 2.39. The summed E-state index contributed by atoms with van der Waals surface area (Å²) in [5.41, 5.74) is 2.16. The van der Waals surface area contributed by atoms with E-state index in [0.29, 0.717) is 5.69 Å². The minimum Gasteiger partial charge on any atom is -0.322 e. The van der Waals surface area contributed by atoms with Gasteiger partial charge in [-0.25, -0.2) is 0 Å². The van der Waals surface area contributed by atoms with E-state index in [1.165, 1.54) is 6.07 Å². The second-order valence-corrected chi connectivity index (χ2v) is 5.22. The predicted octanol–water partition coefficient (Wildman–Crippen LogP) is 3.40. The number of aryl methyl sites for hydroxylation is 1. The van der Waals surface area contributed by atoms with Crippen molar-refractivity contribution in [3.63, 3.8) is 0 Å². The molecule has 0 fully saturated rings. The molecule has 4 heteroatoms. The molecule has 0 saturated carbocycles. The molecule has 0 aliphatic carbocycles. The predicted molar refractivity (Wildman–Crippen MR) is 91.2 cm³/mol. The molecule has 0 aliphatic rings. The Labute approximate surface area is 134 Å². The Balaban J connectivity index is 2.00. The summed E-state index contributed by atoms with van der Waals surface area (Å²) in [7, 11) is 0. The maximum Gasteiger partial charge on any atom is 0.261 e. The van der Waals surface area contributed by atoms with E-state index in [-0.39, 0.29) is 11.0 Å². The van der Waals surface area contributed by atoms with E-state index in [1.807, 2.05) is 60.0 Å². The first-order valence-corrected chi connectivity index (χ1v) is 7.30. The van der Waals surface area contributed by atoms with Gasteiger partial charge in [0.1, 0.15) is 5.56 Å². The number of benzene rings is 2. The van der Waals surface area contributed by atoms with Gasteiger partial charge in [0, 0.05) is 29.3 Å². The minimum atomic E-state index is -0.411. The Morgan fingerprint density at radius 1 is 0.957 bits per heavy atom. The molecular weight excluding hydrogens is 288 g/mol. The molecule has 0 spiro atoms. The van der Waals surface area contributed by atoms with Gasteiger partial charge in [-0.1, -0.05) is 36.4 Å². The van der Waals surface area contributed by atoms with E-state index >= 15 is 0 Å². The number of carbonyl (C=O) groups is 1. The second-order valence-electron chi connectivity index (χ2n) is 5.22. The molecule has 3 rings (SSSR count). The van der Waals surface area contributed by atoms with E-state index in [4.69, 9.17) is 0 Å². The molecule has 1 aromatic heterocycles. The van der Waals surface area contributed by atoms with Gasteiger partial charge in [-0.2, -0.15) is 0 Å². The summed E-state index contributed by atoms with van der Waals surface area (Å²) >= 11 is 0. The van der Waals surface area contributed by atoms with Gasteiger partial charge >= 0.3 is 0 Å². The number of anilines is 1. The van der Waals surface area contributed by atoms with Gasteiger partial charge < -0.3 is 9.88 Å². The molecule has 1 N–H and O–H groups in total. The highest BCUT2D eigenvalue weighted by atomic mass is 16.2. The molecule has 23 heavy (non-hydrogen) atoms. The maximum atomic E-state index is 12.4. The summed E-state index contributed by atoms with van der Waals surface area (Å²) in [4.78, 5) is 24.6. The van der Waals surface area contributed by atoms with Crippen molar-refractivity contribution in [2.24, 2.45) is 0 Å². The van der Waals surface area contributed by atoms with Crippen molar-refractivity contribution in [2.45, 2.75) is 6.92 Å². The van der Waals surface area contributed by atoms with E-state index < -0.39 is 5.91 Å². The Morgan fingerprint density at radius 2 is 1.57 bits per heavy atom. The van der Waals surface area contributed by atoms with Crippen LogP contribution in [0.15, 0.2) is 77.7 Å². The lowest BCUT2D eigenvalue weighted by Gasteiger charge is -2.12. The van der Waals surface area contributed by atoms with Gasteiger partial charge in [0.25, 0.3) is 5.91 Å². The molecule has 0 radical (unpaired) electrons. The number of amides is 1. The number of hydrogen-bond donors (Lipinski definition) is 1. The Morgan fingerprint density at radius 3 is 2.22 bits per heavy atom. The minimum absolute atomic E-state index is 0.114. The highest BCUT2D eigenvalue weighted by Gasteiger charge is 2.13. The number of nitrogens with one attached hydrogen (secondary N) is 1. The molecule has 0 unspecified atom stereocenters. The summed E-state index contributed by atoms with van der Waals surface area (Å²) in [6.07, 6.45) is 1.59. The van der Waals surface area contributed by atoms with Gasteiger partial charge in [-0.3, -0.25) is 9.59 Å². The van der Waals surface area contributed by atoms with Crippen LogP contribution in [0.2, 0.25) is 0 Å². The highest BCUT2D eigenvalue weighted by Crippen LogP contribution is 2.12. The summed E-state index contributed by atoms with van der Waals surface area (Å²) in [5.74, 6) is -0.411. The zero-order valence-electron chi connectivity index (χ0n) is 12.7. The number of pyridine rings is 1. The van der Waals surface area contributed by atoms with E-state index in [2.05, 4.69) is 5.32 Å². The molecule has 1 amide bonds. The quantitative estimate of drug-likeness (QED) is 0.806. The normalized spacial score (nSPS) is 10.3. The maximum absolute atomic E-state index is 12.4. The van der Waals surface area contributed by atoms with Crippen LogP contribution in [0, 0.1) is 6.92 Å². The number of carbonyl (C=O) groups excluding carboxylic acids is 1. The van der Waals surface area contributed by atoms with Crippen molar-refractivity contribution in [1.82, 2.24) is 4.57 Å².